The molecule has 1 saturated carbocycles. The summed E-state index contributed by atoms with van der Waals surface area (Å²) in [5, 5.41) is 6.30. The zero-order chi connectivity index (χ0) is 17.2. The van der Waals surface area contributed by atoms with Gasteiger partial charge in [0.1, 0.15) is 0 Å². The van der Waals surface area contributed by atoms with Crippen LogP contribution < -0.4 is 10.6 Å². The van der Waals surface area contributed by atoms with Gasteiger partial charge in [0.05, 0.1) is 0 Å². The molecular weight excluding hydrogens is 316 g/mol. The minimum Gasteiger partial charge on any atom is -0.337 e. The predicted octanol–water partition coefficient (Wildman–Crippen LogP) is 1.15. The zero-order valence-corrected chi connectivity index (χ0v) is 14.5. The molecule has 1 aromatic carbocycles. The van der Waals surface area contributed by atoms with E-state index < -0.39 is 0 Å². The second-order valence-corrected chi connectivity index (χ2v) is 7.32. The average molecular weight is 342 g/mol. The molecule has 1 aromatic rings. The van der Waals surface area contributed by atoms with Crippen LogP contribution in [0.1, 0.15) is 29.6 Å². The summed E-state index contributed by atoms with van der Waals surface area (Å²) in [4.78, 5) is 29.2. The Morgan fingerprint density at radius 2 is 1.88 bits per heavy atom. The number of rotatable bonds is 4. The number of benzene rings is 1. The van der Waals surface area contributed by atoms with Crippen molar-refractivity contribution in [1.82, 2.24) is 15.1 Å². The molecule has 3 fully saturated rings. The molecule has 1 aliphatic carbocycles. The van der Waals surface area contributed by atoms with Crippen LogP contribution in [0.25, 0.3) is 0 Å². The topological polar surface area (TPSA) is 64.7 Å². The fraction of sp³-hybridized carbons (Fsp3) is 0.579. The first-order valence-corrected chi connectivity index (χ1v) is 9.36. The number of anilines is 1. The molecule has 2 saturated heterocycles. The fourth-order valence-electron chi connectivity index (χ4n) is 3.77. The number of nitrogens with one attached hydrogen (secondary N) is 2. The second-order valence-electron chi connectivity index (χ2n) is 7.32. The minimum atomic E-state index is 0.0696. The van der Waals surface area contributed by atoms with Crippen molar-refractivity contribution < 1.29 is 9.59 Å². The van der Waals surface area contributed by atoms with Crippen molar-refractivity contribution in [2.45, 2.75) is 25.3 Å². The minimum absolute atomic E-state index is 0.0696. The zero-order valence-electron chi connectivity index (χ0n) is 14.5. The Morgan fingerprint density at radius 1 is 1.08 bits per heavy atom. The summed E-state index contributed by atoms with van der Waals surface area (Å²) in [5.74, 6) is 0.308. The van der Waals surface area contributed by atoms with Crippen LogP contribution in [-0.4, -0.2) is 66.9 Å². The van der Waals surface area contributed by atoms with E-state index in [1.165, 1.54) is 0 Å². The normalized spacial score (nSPS) is 24.3. The van der Waals surface area contributed by atoms with Gasteiger partial charge in [-0.3, -0.25) is 14.5 Å². The molecule has 0 aromatic heterocycles. The van der Waals surface area contributed by atoms with Gasteiger partial charge in [-0.15, -0.1) is 0 Å². The first kappa shape index (κ1) is 16.5. The molecule has 25 heavy (non-hydrogen) atoms. The number of likely N-dealkylation sites (tertiary alicyclic amines) is 1. The SMILES string of the molecule is O=C(Nc1cccc(C(=O)N2CCC(N3CCNCC3)C2)c1)C1CC1. The highest BCUT2D eigenvalue weighted by molar-refractivity contribution is 5.98. The summed E-state index contributed by atoms with van der Waals surface area (Å²) < 4.78 is 0. The maximum Gasteiger partial charge on any atom is 0.253 e. The van der Waals surface area contributed by atoms with Crippen LogP contribution in [0.4, 0.5) is 5.69 Å². The monoisotopic (exact) mass is 342 g/mol. The third-order valence-corrected chi connectivity index (χ3v) is 5.44. The van der Waals surface area contributed by atoms with Crippen LogP contribution in [0.15, 0.2) is 24.3 Å². The molecule has 1 unspecified atom stereocenters. The van der Waals surface area contributed by atoms with E-state index in [4.69, 9.17) is 0 Å². The third kappa shape index (κ3) is 3.85. The summed E-state index contributed by atoms with van der Waals surface area (Å²) >= 11 is 0. The lowest BCUT2D eigenvalue weighted by Crippen LogP contribution is -2.49. The van der Waals surface area contributed by atoms with E-state index in [0.717, 1.165) is 64.2 Å². The Morgan fingerprint density at radius 3 is 2.64 bits per heavy atom. The van der Waals surface area contributed by atoms with E-state index in [-0.39, 0.29) is 17.7 Å². The smallest absolute Gasteiger partial charge is 0.253 e. The van der Waals surface area contributed by atoms with Crippen LogP contribution in [0, 0.1) is 5.92 Å². The molecule has 1 atom stereocenters. The number of nitrogens with zero attached hydrogens (tertiary/aromatic N) is 2. The molecule has 0 bridgehead atoms. The fourth-order valence-corrected chi connectivity index (χ4v) is 3.77. The van der Waals surface area contributed by atoms with Crippen LogP contribution >= 0.6 is 0 Å². The number of carbonyl (C=O) groups excluding carboxylic acids is 2. The quantitative estimate of drug-likeness (QED) is 0.862. The van der Waals surface area contributed by atoms with Gasteiger partial charge in [0.25, 0.3) is 5.91 Å². The maximum absolute atomic E-state index is 12.8. The van der Waals surface area contributed by atoms with E-state index in [2.05, 4.69) is 15.5 Å². The van der Waals surface area contributed by atoms with E-state index in [1.807, 2.05) is 23.1 Å². The van der Waals surface area contributed by atoms with Crippen LogP contribution in [0.5, 0.6) is 0 Å². The Balaban J connectivity index is 1.38. The molecular formula is C19H26N4O2. The number of hydrogen-bond donors (Lipinski definition) is 2. The van der Waals surface area contributed by atoms with Gasteiger partial charge in [-0.1, -0.05) is 6.07 Å². The molecule has 6 nitrogen and oxygen atoms in total. The van der Waals surface area contributed by atoms with Gasteiger partial charge in [0, 0.05) is 62.5 Å². The van der Waals surface area contributed by atoms with Gasteiger partial charge in [-0.25, -0.2) is 0 Å². The van der Waals surface area contributed by atoms with Gasteiger partial charge in [0.15, 0.2) is 0 Å². The van der Waals surface area contributed by atoms with Crippen molar-refractivity contribution >= 4 is 17.5 Å². The molecule has 3 aliphatic rings. The number of carbonyl (C=O) groups is 2. The first-order chi connectivity index (χ1) is 12.2. The highest BCUT2D eigenvalue weighted by atomic mass is 16.2. The molecule has 2 amide bonds. The van der Waals surface area contributed by atoms with Crippen molar-refractivity contribution in [3.05, 3.63) is 29.8 Å². The standard InChI is InChI=1S/C19H26N4O2/c24-18(14-4-5-14)21-16-3-1-2-15(12-16)19(25)23-9-6-17(13-23)22-10-7-20-8-11-22/h1-3,12,14,17,20H,4-11,13H2,(H,21,24). The molecule has 0 radical (unpaired) electrons. The van der Waals surface area contributed by atoms with Crippen molar-refractivity contribution in [3.8, 4) is 0 Å². The molecule has 4 rings (SSSR count). The van der Waals surface area contributed by atoms with Gasteiger partial charge >= 0.3 is 0 Å². The van der Waals surface area contributed by atoms with E-state index in [9.17, 15) is 9.59 Å². The number of amides is 2. The Bertz CT molecular complexity index is 653. The van der Waals surface area contributed by atoms with Crippen LogP contribution in [0.3, 0.4) is 0 Å². The highest BCUT2D eigenvalue weighted by Gasteiger charge is 2.32. The lowest BCUT2D eigenvalue weighted by atomic mass is 10.1. The van der Waals surface area contributed by atoms with Gasteiger partial charge in [0.2, 0.25) is 5.91 Å². The summed E-state index contributed by atoms with van der Waals surface area (Å²) in [7, 11) is 0. The largest absolute Gasteiger partial charge is 0.337 e. The van der Waals surface area contributed by atoms with E-state index in [1.54, 1.807) is 6.07 Å². The number of piperazine rings is 1. The Labute approximate surface area is 148 Å². The molecule has 6 heteroatoms. The van der Waals surface area contributed by atoms with Crippen LogP contribution in [-0.2, 0) is 4.79 Å². The molecule has 2 heterocycles. The Kier molecular flexibility index (Phi) is 4.72. The van der Waals surface area contributed by atoms with Crippen molar-refractivity contribution in [2.24, 2.45) is 5.92 Å². The van der Waals surface area contributed by atoms with E-state index in [0.29, 0.717) is 11.6 Å². The summed E-state index contributed by atoms with van der Waals surface area (Å²) in [5.41, 5.74) is 1.38. The highest BCUT2D eigenvalue weighted by Crippen LogP contribution is 2.30. The third-order valence-electron chi connectivity index (χ3n) is 5.44. The molecule has 134 valence electrons. The lowest BCUT2D eigenvalue weighted by Gasteiger charge is -2.32. The molecule has 0 spiro atoms. The van der Waals surface area contributed by atoms with Gasteiger partial charge in [-0.05, 0) is 37.5 Å². The average Bonchev–Trinajstić information content (AvgIpc) is 3.39. The van der Waals surface area contributed by atoms with Gasteiger partial charge in [-0.2, -0.15) is 0 Å². The summed E-state index contributed by atoms with van der Waals surface area (Å²) in [6.45, 7) is 5.81. The van der Waals surface area contributed by atoms with Crippen molar-refractivity contribution in [2.75, 3.05) is 44.6 Å². The summed E-state index contributed by atoms with van der Waals surface area (Å²) in [6.07, 6.45) is 3.00. The maximum atomic E-state index is 12.8. The second kappa shape index (κ2) is 7.14. The number of hydrogen-bond acceptors (Lipinski definition) is 4. The van der Waals surface area contributed by atoms with Gasteiger partial charge < -0.3 is 15.5 Å². The van der Waals surface area contributed by atoms with E-state index >= 15 is 0 Å². The molecule has 2 aliphatic heterocycles. The van der Waals surface area contributed by atoms with Crippen molar-refractivity contribution in [1.29, 1.82) is 0 Å². The Hall–Kier alpha value is -1.92. The van der Waals surface area contributed by atoms with Crippen LogP contribution in [0.2, 0.25) is 0 Å². The summed E-state index contributed by atoms with van der Waals surface area (Å²) in [6, 6.07) is 7.82. The predicted molar refractivity (Wildman–Crippen MR) is 96.5 cm³/mol. The first-order valence-electron chi connectivity index (χ1n) is 9.36. The lowest BCUT2D eigenvalue weighted by molar-refractivity contribution is -0.117. The molecule has 2 N–H and O–H groups in total. The van der Waals surface area contributed by atoms with Crippen molar-refractivity contribution in [3.63, 3.8) is 0 Å².